The van der Waals surface area contributed by atoms with Crippen LogP contribution in [0, 0.1) is 0 Å². The summed E-state index contributed by atoms with van der Waals surface area (Å²) in [5.74, 6) is -3.72. The van der Waals surface area contributed by atoms with E-state index in [0.29, 0.717) is 51.4 Å². The van der Waals surface area contributed by atoms with Crippen molar-refractivity contribution < 1.29 is 156 Å². The van der Waals surface area contributed by atoms with Gasteiger partial charge >= 0.3 is 86.7 Å². The van der Waals surface area contributed by atoms with Crippen LogP contribution in [0.4, 0.5) is 0 Å². The number of rotatable bonds is 86. The number of hydrogen-bond donors (Lipinski definition) is 6. The fourth-order valence-corrected chi connectivity index (χ4v) is 14.6. The van der Waals surface area contributed by atoms with Gasteiger partial charge in [0.15, 0.2) is 0 Å². The first-order valence-corrected chi connectivity index (χ1v) is 47.6. The first-order valence-electron chi connectivity index (χ1n) is 44.6. The quantitative estimate of drug-likeness (QED) is 0.0108. The summed E-state index contributed by atoms with van der Waals surface area (Å²) < 4.78 is 71.1. The molecule has 0 saturated heterocycles. The Balaban J connectivity index is -0.0000101. The van der Waals surface area contributed by atoms with E-state index in [1.54, 1.807) is 0 Å². The second-order valence-corrected chi connectivity index (χ2v) is 33.6. The molecule has 0 bridgehead atoms. The van der Waals surface area contributed by atoms with Crippen molar-refractivity contribution in [1.29, 1.82) is 0 Å². The van der Waals surface area contributed by atoms with E-state index in [1.807, 2.05) is 0 Å². The van der Waals surface area contributed by atoms with E-state index in [4.69, 9.17) is 37.0 Å². The maximum absolute atomic E-state index is 13.3. The number of nitrogens with one attached hydrogen (secondary N) is 4. The number of esters is 2. The predicted molar refractivity (Wildman–Crippen MR) is 444 cm³/mol. The minimum Gasteiger partial charge on any atom is -1.00 e. The van der Waals surface area contributed by atoms with Crippen molar-refractivity contribution in [3.8, 4) is 0 Å². The molecule has 6 N–H and O–H groups in total. The second kappa shape index (κ2) is 83.9. The van der Waals surface area contributed by atoms with E-state index in [9.17, 15) is 57.3 Å². The average Bonchev–Trinajstić information content (AvgIpc) is 0.907. The van der Waals surface area contributed by atoms with Crippen LogP contribution in [0.3, 0.4) is 0 Å². The van der Waals surface area contributed by atoms with Crippen molar-refractivity contribution in [3.05, 3.63) is 0 Å². The molecule has 0 aliphatic rings. The monoisotopic (exact) mass is 1670 g/mol. The Morgan fingerprint density at radius 1 is 0.301 bits per heavy atom. The topological polar surface area (TPSA) is 333 Å². The van der Waals surface area contributed by atoms with E-state index in [1.165, 1.54) is 116 Å². The van der Waals surface area contributed by atoms with Crippen molar-refractivity contribution in [2.24, 2.45) is 0 Å². The molecule has 6 atom stereocenters. The number of hydrogen-bond acceptors (Lipinski definition) is 18. The first-order chi connectivity index (χ1) is 53.7. The first kappa shape index (κ1) is 115. The van der Waals surface area contributed by atoms with Gasteiger partial charge in [-0.05, 0) is 51.4 Å². The van der Waals surface area contributed by atoms with Crippen molar-refractivity contribution >= 4 is 62.8 Å². The molecule has 0 aliphatic carbocycles. The summed E-state index contributed by atoms with van der Waals surface area (Å²) in [7, 11) is -9.65. The van der Waals surface area contributed by atoms with Crippen LogP contribution < -0.4 is 80.4 Å². The molecular formula is C85H164N4Na2O20P2. The summed E-state index contributed by atoms with van der Waals surface area (Å²) >= 11 is 0. The molecule has 656 valence electrons. The summed E-state index contributed by atoms with van der Waals surface area (Å²) in [6, 6.07) is -1.99. The Kier molecular flexibility index (Phi) is 85.7. The summed E-state index contributed by atoms with van der Waals surface area (Å²) in [5, 5.41) is 10.3. The summed E-state index contributed by atoms with van der Waals surface area (Å²) in [5.41, 5.74) is 0. The standard InChI is InChI=1S/C85H162N4O20P2.2Na.2H/c1-7-13-19-25-29-33-37-43-47-53-76(90)67-82(94)88-74(70-102-63-59-78(55-49-41-23-17-11-5)108-84(96)57-51-45-39-35-31-27-21-15-9-3)72-106-110(98,99)104-65-61-86-80(92)69-81(93)87-62-66-105-111(100,101)107-73-75(89-83(95)68-77(91)54-48-44-38-34-30-26-20-14-8-2)71-103-64-60-79(56-50-42-24-18-12-6)109-85(97)58-52-46-40-36-32-28-22-16-10-4;;;;/h74-75,78-79H,7-73H2,1-6H3,(H,86,92)(H,87,93)(H,88,94)(H,89,95)(H,98,99)(H,100,101);;;;/q;2*+1;2*-1/t74?,75?,78-,79-;;;;/m1..../s1. The number of Topliss-reactive ketones (excluding diaryl/α,β-unsaturated/α-hetero) is 2. The zero-order chi connectivity index (χ0) is 81.8. The average molecular weight is 1670 g/mol. The van der Waals surface area contributed by atoms with Crippen molar-refractivity contribution in [3.63, 3.8) is 0 Å². The maximum atomic E-state index is 13.3. The molecule has 0 aromatic heterocycles. The van der Waals surface area contributed by atoms with Crippen LogP contribution in [0.15, 0.2) is 0 Å². The van der Waals surface area contributed by atoms with Crippen molar-refractivity contribution in [2.45, 2.75) is 432 Å². The summed E-state index contributed by atoms with van der Waals surface area (Å²) in [6.07, 6.45) is 51.3. The van der Waals surface area contributed by atoms with Crippen LogP contribution in [0.25, 0.3) is 0 Å². The number of phosphoric acid groups is 2. The third-order valence-corrected chi connectivity index (χ3v) is 21.7. The van der Waals surface area contributed by atoms with E-state index in [-0.39, 0.29) is 150 Å². The van der Waals surface area contributed by atoms with E-state index >= 15 is 0 Å². The zero-order valence-corrected chi connectivity index (χ0v) is 78.6. The van der Waals surface area contributed by atoms with Gasteiger partial charge in [0.1, 0.15) is 30.2 Å². The van der Waals surface area contributed by atoms with Gasteiger partial charge in [-0.25, -0.2) is 9.13 Å². The van der Waals surface area contributed by atoms with Gasteiger partial charge in [0.25, 0.3) is 0 Å². The van der Waals surface area contributed by atoms with Crippen LogP contribution in [0.5, 0.6) is 0 Å². The molecule has 0 aliphatic heterocycles. The normalized spacial score (nSPS) is 13.5. The van der Waals surface area contributed by atoms with Gasteiger partial charge < -0.3 is 52.9 Å². The molecule has 0 fully saturated rings. The Hall–Kier alpha value is -1.70. The van der Waals surface area contributed by atoms with Gasteiger partial charge in [-0.3, -0.25) is 56.5 Å². The number of ether oxygens (including phenoxy) is 4. The van der Waals surface area contributed by atoms with Crippen LogP contribution >= 0.6 is 15.6 Å². The molecule has 0 rings (SSSR count). The van der Waals surface area contributed by atoms with Crippen LogP contribution in [0.1, 0.15) is 410 Å². The SMILES string of the molecule is CCCCCCCCCCCC(=O)CC(=O)NC(COCC[C@@H](CCCCCCC)OC(=O)CCCCCCCCCCC)COP(=O)(O)OCCNC(=O)CC(=O)NCCOP(=O)(O)OCC(COCC[C@@H](CCCCCCC)OC(=O)CCCCCCCCCCC)NC(=O)CC(=O)CCCCCCCCCCC.[H-].[H-].[Na+].[Na+]. The number of ketones is 2. The Morgan fingerprint density at radius 2 is 0.558 bits per heavy atom. The van der Waals surface area contributed by atoms with E-state index in [0.717, 1.165) is 167 Å². The van der Waals surface area contributed by atoms with Crippen LogP contribution in [-0.4, -0.2) is 147 Å². The molecule has 0 aromatic carbocycles. The molecule has 0 spiro atoms. The fraction of sp³-hybridized carbons (Fsp3) is 0.906. The van der Waals surface area contributed by atoms with Gasteiger partial charge in [-0.1, -0.05) is 298 Å². The van der Waals surface area contributed by atoms with E-state index < -0.39 is 97.0 Å². The summed E-state index contributed by atoms with van der Waals surface area (Å²) in [4.78, 5) is 125. The minimum atomic E-state index is -4.82. The smallest absolute Gasteiger partial charge is 1.00 e. The largest absolute Gasteiger partial charge is 1.00 e. The fourth-order valence-electron chi connectivity index (χ4n) is 13.0. The van der Waals surface area contributed by atoms with Gasteiger partial charge in [-0.2, -0.15) is 0 Å². The molecule has 4 amide bonds. The summed E-state index contributed by atoms with van der Waals surface area (Å²) in [6.45, 7) is 10.2. The van der Waals surface area contributed by atoms with E-state index in [2.05, 4.69) is 62.8 Å². The number of phosphoric ester groups is 2. The zero-order valence-electron chi connectivity index (χ0n) is 74.8. The number of carbonyl (C=O) groups is 8. The molecule has 4 unspecified atom stereocenters. The van der Waals surface area contributed by atoms with Gasteiger partial charge in [-0.15, -0.1) is 0 Å². The number of carbonyl (C=O) groups excluding carboxylic acids is 8. The molecule has 28 heteroatoms. The molecular weight excluding hydrogens is 1500 g/mol. The Labute approximate surface area is 732 Å². The maximum Gasteiger partial charge on any atom is 1.00 e. The molecule has 113 heavy (non-hydrogen) atoms. The molecule has 0 aromatic rings. The molecule has 0 heterocycles. The third-order valence-electron chi connectivity index (χ3n) is 19.8. The molecule has 0 radical (unpaired) electrons. The second-order valence-electron chi connectivity index (χ2n) is 30.7. The van der Waals surface area contributed by atoms with Gasteiger partial charge in [0.05, 0.1) is 77.8 Å². The third kappa shape index (κ3) is 81.1. The number of amides is 4. The van der Waals surface area contributed by atoms with Crippen molar-refractivity contribution in [2.75, 3.05) is 65.9 Å². The Bertz CT molecular complexity index is 2270. The van der Waals surface area contributed by atoms with Gasteiger partial charge in [0.2, 0.25) is 23.6 Å². The van der Waals surface area contributed by atoms with Crippen LogP contribution in [-0.2, 0) is 84.5 Å². The number of unbranched alkanes of at least 4 members (excludes halogenated alkanes) is 40. The van der Waals surface area contributed by atoms with Crippen LogP contribution in [0.2, 0.25) is 0 Å². The molecule has 0 saturated carbocycles. The molecule has 24 nitrogen and oxygen atoms in total. The Morgan fingerprint density at radius 3 is 0.841 bits per heavy atom. The van der Waals surface area contributed by atoms with Crippen molar-refractivity contribution in [1.82, 2.24) is 21.3 Å². The predicted octanol–water partition coefficient (Wildman–Crippen LogP) is 14.0. The minimum absolute atomic E-state index is 0. The van der Waals surface area contributed by atoms with Gasteiger partial charge in [0, 0.05) is 51.6 Å².